The topological polar surface area (TPSA) is 92.6 Å². The number of esters is 1. The number of carbonyl (C=O) groups excluding carboxylic acids is 1. The monoisotopic (exact) mass is 343 g/mol. The van der Waals surface area contributed by atoms with Crippen molar-refractivity contribution in [3.05, 3.63) is 15.7 Å². The van der Waals surface area contributed by atoms with Gasteiger partial charge in [-0.1, -0.05) is 0 Å². The summed E-state index contributed by atoms with van der Waals surface area (Å²) in [6, 6.07) is 0. The van der Waals surface area contributed by atoms with Gasteiger partial charge in [0.25, 0.3) is 0 Å². The number of ether oxygens (including phenoxy) is 1. The number of aromatic nitrogens is 2. The minimum atomic E-state index is -0.902. The molecule has 0 bridgehead atoms. The maximum absolute atomic E-state index is 11.8. The number of carboxylic acid groups (broad SMARTS) is 1. The highest BCUT2D eigenvalue weighted by Crippen LogP contribution is 2.36. The van der Waals surface area contributed by atoms with Crippen molar-refractivity contribution in [3.63, 3.8) is 0 Å². The summed E-state index contributed by atoms with van der Waals surface area (Å²) in [7, 11) is 3.03. The zero-order valence-electron chi connectivity index (χ0n) is 12.2. The van der Waals surface area contributed by atoms with E-state index in [0.29, 0.717) is 26.5 Å². The van der Waals surface area contributed by atoms with Crippen LogP contribution in [0.5, 0.6) is 0 Å². The SMILES string of the molecule is COC(=O)c1sc2nc(Cl)nc(N(C)CCC(=O)O)c2c1C. The Bertz CT molecular complexity index is 746. The van der Waals surface area contributed by atoms with Gasteiger partial charge in [0, 0.05) is 13.6 Å². The van der Waals surface area contributed by atoms with Gasteiger partial charge in [0.1, 0.15) is 15.5 Å². The van der Waals surface area contributed by atoms with E-state index in [4.69, 9.17) is 21.4 Å². The van der Waals surface area contributed by atoms with Crippen molar-refractivity contribution in [1.82, 2.24) is 9.97 Å². The predicted molar refractivity (Wildman–Crippen MR) is 84.0 cm³/mol. The Morgan fingerprint density at radius 3 is 2.68 bits per heavy atom. The third-order valence-corrected chi connectivity index (χ3v) is 4.47. The molecule has 118 valence electrons. The lowest BCUT2D eigenvalue weighted by molar-refractivity contribution is -0.136. The van der Waals surface area contributed by atoms with Crippen molar-refractivity contribution in [3.8, 4) is 0 Å². The zero-order chi connectivity index (χ0) is 16.4. The molecular weight excluding hydrogens is 330 g/mol. The number of halogens is 1. The first kappa shape index (κ1) is 16.4. The molecule has 9 heteroatoms. The molecular formula is C13H14ClN3O4S. The van der Waals surface area contributed by atoms with Gasteiger partial charge in [0.2, 0.25) is 5.28 Å². The fraction of sp³-hybridized carbons (Fsp3) is 0.385. The number of hydrogen-bond donors (Lipinski definition) is 1. The van der Waals surface area contributed by atoms with Crippen molar-refractivity contribution >= 4 is 50.9 Å². The van der Waals surface area contributed by atoms with Crippen molar-refractivity contribution in [1.29, 1.82) is 0 Å². The number of rotatable bonds is 5. The molecule has 0 amide bonds. The standard InChI is InChI=1S/C13H14ClN3O4S/c1-6-8-10(17(2)5-4-7(18)19)15-13(14)16-11(8)22-9(6)12(20)21-3/h4-5H2,1-3H3,(H,18,19). The van der Waals surface area contributed by atoms with E-state index in [2.05, 4.69) is 9.97 Å². The van der Waals surface area contributed by atoms with E-state index in [0.717, 1.165) is 0 Å². The third kappa shape index (κ3) is 3.12. The maximum Gasteiger partial charge on any atom is 0.348 e. The van der Waals surface area contributed by atoms with E-state index in [1.807, 2.05) is 0 Å². The number of hydrogen-bond acceptors (Lipinski definition) is 7. The fourth-order valence-corrected chi connectivity index (χ4v) is 3.33. The molecule has 2 aromatic rings. The number of aliphatic carboxylic acids is 1. The van der Waals surface area contributed by atoms with Gasteiger partial charge in [0.05, 0.1) is 18.9 Å². The summed E-state index contributed by atoms with van der Waals surface area (Å²) in [5, 5.41) is 9.52. The molecule has 0 fully saturated rings. The molecule has 2 aromatic heterocycles. The largest absolute Gasteiger partial charge is 0.481 e. The highest BCUT2D eigenvalue weighted by Gasteiger charge is 2.22. The molecule has 0 unspecified atom stereocenters. The van der Waals surface area contributed by atoms with Crippen LogP contribution < -0.4 is 4.90 Å². The Labute approximate surface area is 135 Å². The number of aryl methyl sites for hydroxylation is 1. The minimum Gasteiger partial charge on any atom is -0.481 e. The van der Waals surface area contributed by atoms with Crippen LogP contribution in [0.2, 0.25) is 5.28 Å². The van der Waals surface area contributed by atoms with E-state index >= 15 is 0 Å². The first-order valence-corrected chi connectivity index (χ1v) is 7.52. The first-order valence-electron chi connectivity index (χ1n) is 6.33. The highest BCUT2D eigenvalue weighted by atomic mass is 35.5. The van der Waals surface area contributed by atoms with Gasteiger partial charge in [-0.3, -0.25) is 4.79 Å². The number of thiophene rings is 1. The summed E-state index contributed by atoms with van der Waals surface area (Å²) in [5.41, 5.74) is 0.695. The van der Waals surface area contributed by atoms with Crippen molar-refractivity contribution in [2.45, 2.75) is 13.3 Å². The predicted octanol–water partition coefficient (Wildman–Crippen LogP) is 2.35. The molecule has 1 N–H and O–H groups in total. The second kappa shape index (κ2) is 6.45. The van der Waals surface area contributed by atoms with Crippen LogP contribution in [0, 0.1) is 6.92 Å². The second-order valence-corrected chi connectivity index (χ2v) is 5.95. The Morgan fingerprint density at radius 1 is 1.41 bits per heavy atom. The van der Waals surface area contributed by atoms with Gasteiger partial charge in [-0.05, 0) is 24.1 Å². The molecule has 2 heterocycles. The number of anilines is 1. The van der Waals surface area contributed by atoms with Crippen LogP contribution in [0.3, 0.4) is 0 Å². The minimum absolute atomic E-state index is 0.0351. The molecule has 22 heavy (non-hydrogen) atoms. The normalized spacial score (nSPS) is 10.7. The Balaban J connectivity index is 2.55. The molecule has 0 aromatic carbocycles. The van der Waals surface area contributed by atoms with Crippen LogP contribution in [-0.2, 0) is 9.53 Å². The summed E-state index contributed by atoms with van der Waals surface area (Å²) >= 11 is 7.10. The van der Waals surface area contributed by atoms with E-state index in [-0.39, 0.29) is 18.2 Å². The molecule has 0 atom stereocenters. The van der Waals surface area contributed by atoms with Crippen LogP contribution in [0.4, 0.5) is 5.82 Å². The average molecular weight is 344 g/mol. The smallest absolute Gasteiger partial charge is 0.348 e. The lowest BCUT2D eigenvalue weighted by Gasteiger charge is -2.18. The average Bonchev–Trinajstić information content (AvgIpc) is 2.79. The number of carboxylic acids is 1. The number of carbonyl (C=O) groups is 2. The lowest BCUT2D eigenvalue weighted by atomic mass is 10.2. The number of fused-ring (bicyclic) bond motifs is 1. The van der Waals surface area contributed by atoms with Crippen LogP contribution in [0.15, 0.2) is 0 Å². The van der Waals surface area contributed by atoms with Crippen molar-refractivity contribution < 1.29 is 19.4 Å². The Morgan fingerprint density at radius 2 is 2.09 bits per heavy atom. The molecule has 0 saturated carbocycles. The van der Waals surface area contributed by atoms with Gasteiger partial charge < -0.3 is 14.7 Å². The van der Waals surface area contributed by atoms with E-state index in [1.165, 1.54) is 18.4 Å². The van der Waals surface area contributed by atoms with Crippen LogP contribution in [-0.4, -0.2) is 47.7 Å². The quantitative estimate of drug-likeness (QED) is 0.658. The molecule has 0 saturated heterocycles. The second-order valence-electron chi connectivity index (χ2n) is 4.61. The molecule has 0 radical (unpaired) electrons. The summed E-state index contributed by atoms with van der Waals surface area (Å²) in [5.74, 6) is -0.851. The Hall–Kier alpha value is -1.93. The van der Waals surface area contributed by atoms with Crippen molar-refractivity contribution in [2.75, 3.05) is 25.6 Å². The van der Waals surface area contributed by atoms with Crippen molar-refractivity contribution in [2.24, 2.45) is 0 Å². The molecule has 0 aliphatic heterocycles. The van der Waals surface area contributed by atoms with Crippen LogP contribution in [0.1, 0.15) is 21.7 Å². The number of nitrogens with zero attached hydrogens (tertiary/aromatic N) is 3. The lowest BCUT2D eigenvalue weighted by Crippen LogP contribution is -2.22. The van der Waals surface area contributed by atoms with Crippen LogP contribution in [0.25, 0.3) is 10.2 Å². The van der Waals surface area contributed by atoms with Crippen LogP contribution >= 0.6 is 22.9 Å². The van der Waals surface area contributed by atoms with E-state index in [1.54, 1.807) is 18.9 Å². The molecule has 7 nitrogen and oxygen atoms in total. The molecule has 2 rings (SSSR count). The van der Waals surface area contributed by atoms with Gasteiger partial charge in [0.15, 0.2) is 0 Å². The van der Waals surface area contributed by atoms with E-state index in [9.17, 15) is 9.59 Å². The van der Waals surface area contributed by atoms with Gasteiger partial charge in [-0.25, -0.2) is 9.78 Å². The molecule has 0 spiro atoms. The van der Waals surface area contributed by atoms with E-state index < -0.39 is 11.9 Å². The van der Waals surface area contributed by atoms with Gasteiger partial charge >= 0.3 is 11.9 Å². The highest BCUT2D eigenvalue weighted by molar-refractivity contribution is 7.20. The number of methoxy groups -OCH3 is 1. The fourth-order valence-electron chi connectivity index (χ4n) is 2.03. The summed E-state index contributed by atoms with van der Waals surface area (Å²) in [6.45, 7) is 2.04. The summed E-state index contributed by atoms with van der Waals surface area (Å²) in [6.07, 6.45) is -0.0351. The summed E-state index contributed by atoms with van der Waals surface area (Å²) < 4.78 is 4.76. The first-order chi connectivity index (χ1) is 10.3. The molecule has 0 aliphatic carbocycles. The Kier molecular flexibility index (Phi) is 4.82. The zero-order valence-corrected chi connectivity index (χ0v) is 13.8. The molecule has 0 aliphatic rings. The summed E-state index contributed by atoms with van der Waals surface area (Å²) in [4.78, 5) is 33.5. The van der Waals surface area contributed by atoms with Gasteiger partial charge in [-0.15, -0.1) is 11.3 Å². The third-order valence-electron chi connectivity index (χ3n) is 3.14. The maximum atomic E-state index is 11.8. The van der Waals surface area contributed by atoms with Gasteiger partial charge in [-0.2, -0.15) is 4.98 Å².